The molecule has 0 aliphatic carbocycles. The van der Waals surface area contributed by atoms with Crippen LogP contribution in [-0.2, 0) is 51.9 Å². The Morgan fingerprint density at radius 3 is 2.78 bits per heavy atom. The molecule has 1 unspecified atom stereocenters. The van der Waals surface area contributed by atoms with Crippen LogP contribution in [0, 0.1) is 0 Å². The summed E-state index contributed by atoms with van der Waals surface area (Å²) < 4.78 is 75.9. The van der Waals surface area contributed by atoms with Crippen LogP contribution in [0.4, 0.5) is 16.2 Å². The molecule has 8 atom stereocenters. The second-order valence-electron chi connectivity index (χ2n) is 10.6. The predicted octanol–water partition coefficient (Wildman–Crippen LogP) is -4.33. The quantitative estimate of drug-likeness (QED) is 0.113. The van der Waals surface area contributed by atoms with Gasteiger partial charge in [-0.25, -0.2) is 23.5 Å². The molecule has 6 N–H and O–H groups in total. The Bertz CT molecular complexity index is 2040. The van der Waals surface area contributed by atoms with Gasteiger partial charge in [-0.05, 0) is 0 Å². The Kier molecular flexibility index (Phi) is 9.06. The van der Waals surface area contributed by atoms with E-state index in [9.17, 15) is 18.1 Å². The number of H-pyrrole nitrogens is 1. The van der Waals surface area contributed by atoms with Gasteiger partial charge >= 0.3 is 39.9 Å². The van der Waals surface area contributed by atoms with Crippen molar-refractivity contribution >= 4 is 62.8 Å². The molecular formula is C22H26FN10NaO9PS2-. The molecule has 3 saturated heterocycles. The van der Waals surface area contributed by atoms with Crippen LogP contribution in [0.25, 0.3) is 22.2 Å². The molecule has 2 bridgehead atoms. The van der Waals surface area contributed by atoms with Crippen LogP contribution in [-0.4, -0.2) is 86.2 Å². The molecule has 24 heteroatoms. The molecule has 4 aromatic heterocycles. The summed E-state index contributed by atoms with van der Waals surface area (Å²) in [5.41, 5.74) is 12.0. The number of ether oxygens (including phenoxy) is 2. The van der Waals surface area contributed by atoms with Crippen LogP contribution in [0.15, 0.2) is 23.6 Å². The van der Waals surface area contributed by atoms with Gasteiger partial charge in [0.2, 0.25) is 5.95 Å². The number of fused-ring (bicyclic) bond motifs is 5. The number of nitrogens with two attached hydrogens (primary N) is 2. The Balaban J connectivity index is 0.00000217. The van der Waals surface area contributed by atoms with Crippen LogP contribution < -0.4 is 56.2 Å². The van der Waals surface area contributed by atoms with Gasteiger partial charge in [-0.3, -0.25) is 14.3 Å². The molecule has 0 radical (unpaired) electrons. The number of anilines is 2. The first-order valence-electron chi connectivity index (χ1n) is 13.3. The summed E-state index contributed by atoms with van der Waals surface area (Å²) in [7, 11) is -2.90. The summed E-state index contributed by atoms with van der Waals surface area (Å²) in [4.78, 5) is 44.2. The van der Waals surface area contributed by atoms with Crippen LogP contribution in [0.5, 0.6) is 0 Å². The summed E-state index contributed by atoms with van der Waals surface area (Å²) in [6.07, 6.45) is -5.74. The molecule has 46 heavy (non-hydrogen) atoms. The van der Waals surface area contributed by atoms with E-state index in [1.54, 1.807) is 17.8 Å². The van der Waals surface area contributed by atoms with E-state index in [1.165, 1.54) is 17.2 Å². The fraction of sp³-hybridized carbons (Fsp3) is 0.500. The Morgan fingerprint density at radius 1 is 1.22 bits per heavy atom. The van der Waals surface area contributed by atoms with E-state index < -0.39 is 78.7 Å². The number of aromatic nitrogens is 7. The van der Waals surface area contributed by atoms with Crippen LogP contribution in [0.3, 0.4) is 0 Å². The summed E-state index contributed by atoms with van der Waals surface area (Å²) >= 11 is 5.09. The number of halogens is 1. The van der Waals surface area contributed by atoms with Gasteiger partial charge in [-0.1, -0.05) is 11.8 Å². The van der Waals surface area contributed by atoms with Crippen molar-refractivity contribution in [2.75, 3.05) is 24.6 Å². The number of aromatic amines is 1. The fourth-order valence-electron chi connectivity index (χ4n) is 5.77. The molecular weight excluding hydrogens is 685 g/mol. The molecule has 244 valence electrons. The van der Waals surface area contributed by atoms with Gasteiger partial charge in [-0.2, -0.15) is 18.1 Å². The van der Waals surface area contributed by atoms with E-state index in [0.29, 0.717) is 11.0 Å². The number of alkyl halides is 1. The average Bonchev–Trinajstić information content (AvgIpc) is 3.71. The van der Waals surface area contributed by atoms with E-state index in [-0.39, 0.29) is 65.9 Å². The van der Waals surface area contributed by atoms with Gasteiger partial charge in [0.15, 0.2) is 29.4 Å². The minimum absolute atomic E-state index is 0. The molecule has 3 aliphatic rings. The van der Waals surface area contributed by atoms with Crippen molar-refractivity contribution in [2.45, 2.75) is 49.3 Å². The number of rotatable bonds is 2. The average molecular weight is 712 g/mol. The summed E-state index contributed by atoms with van der Waals surface area (Å²) in [6, 6.07) is 0. The Morgan fingerprint density at radius 2 is 2.00 bits per heavy atom. The monoisotopic (exact) mass is 711 g/mol. The van der Waals surface area contributed by atoms with Crippen molar-refractivity contribution in [3.8, 4) is 0 Å². The third-order valence-electron chi connectivity index (χ3n) is 7.66. The molecule has 4 aromatic rings. The van der Waals surface area contributed by atoms with Gasteiger partial charge in [0, 0.05) is 31.8 Å². The SMILES string of the molecule is Cn1cc([C@@H]2O[C@@H]3CNS(=O)(=O)O[C@@H]4C[C@@H](COP([O-])(=S)O[C@H]3[C@H]2F)O[C@H]4n2cnc3c(=O)[nH]c(N)nc32)c2ncnc(N)c21.[H-].[Na+]. The molecule has 0 spiro atoms. The molecule has 3 fully saturated rings. The van der Waals surface area contributed by atoms with Gasteiger partial charge < -0.3 is 40.9 Å². The zero-order valence-electron chi connectivity index (χ0n) is 25.0. The van der Waals surface area contributed by atoms with Crippen molar-refractivity contribution in [1.29, 1.82) is 0 Å². The minimum atomic E-state index is -4.57. The Hall–Kier alpha value is -2.18. The van der Waals surface area contributed by atoms with Crippen molar-refractivity contribution in [3.63, 3.8) is 0 Å². The summed E-state index contributed by atoms with van der Waals surface area (Å²) in [5.74, 6) is -0.0561. The zero-order valence-corrected chi connectivity index (χ0v) is 28.6. The third kappa shape index (κ3) is 6.11. The van der Waals surface area contributed by atoms with E-state index in [2.05, 4.69) is 29.6 Å². The number of nitrogens with zero attached hydrogens (tertiary/aromatic N) is 6. The largest absolute Gasteiger partial charge is 1.00 e. The van der Waals surface area contributed by atoms with Crippen molar-refractivity contribution in [1.82, 2.24) is 38.8 Å². The van der Waals surface area contributed by atoms with Gasteiger partial charge in [-0.15, -0.1) is 0 Å². The fourth-order valence-corrected chi connectivity index (χ4v) is 8.14. The number of hydrogen-bond donors (Lipinski definition) is 4. The molecule has 3 aliphatic heterocycles. The normalized spacial score (nSPS) is 33.2. The van der Waals surface area contributed by atoms with Gasteiger partial charge in [0.1, 0.15) is 43.0 Å². The molecule has 19 nitrogen and oxygen atoms in total. The van der Waals surface area contributed by atoms with Crippen LogP contribution >= 0.6 is 6.72 Å². The molecule has 0 aromatic carbocycles. The zero-order chi connectivity index (χ0) is 31.8. The van der Waals surface area contributed by atoms with Crippen molar-refractivity contribution in [2.24, 2.45) is 7.05 Å². The first-order chi connectivity index (χ1) is 21.3. The molecule has 7 heterocycles. The predicted molar refractivity (Wildman–Crippen MR) is 155 cm³/mol. The maximum atomic E-state index is 16.1. The van der Waals surface area contributed by atoms with E-state index in [1.807, 2.05) is 0 Å². The topological polar surface area (TPSA) is 262 Å². The van der Waals surface area contributed by atoms with E-state index >= 15 is 4.39 Å². The van der Waals surface area contributed by atoms with Crippen LogP contribution in [0.1, 0.15) is 25.7 Å². The second kappa shape index (κ2) is 12.4. The third-order valence-corrected chi connectivity index (χ3v) is 10.2. The van der Waals surface area contributed by atoms with E-state index in [0.717, 1.165) is 0 Å². The standard InChI is InChI=1S/C22H26FN10O9PS2.Na.H/c1-32-4-9(13-15(32)18(24)27-6-26-13)16-12(23)17-11(40-16)3-29-45(36,37)42-10-2-8(5-38-43(35,44)41-17)39-21(10)33-7-28-14-19(33)30-22(25)31-20(14)34;;/h4,6-8,10-12,16-17,21,29H,2-3,5H2,1H3,(H,35,44)(H2,24,26,27)(H3,25,30,31,34);;/q;+1;-1/p-1/t8-,10+,11+,12-,16-,17+,21+,43?;;/m0../s1. The first-order valence-corrected chi connectivity index (χ1v) is 17.3. The summed E-state index contributed by atoms with van der Waals surface area (Å²) in [5, 5.41) is 0. The van der Waals surface area contributed by atoms with E-state index in [4.69, 9.17) is 46.0 Å². The smallest absolute Gasteiger partial charge is 1.00 e. The number of hydrogen-bond acceptors (Lipinski definition) is 16. The van der Waals surface area contributed by atoms with Crippen molar-refractivity contribution < 1.29 is 71.4 Å². The second-order valence-corrected chi connectivity index (χ2v) is 14.7. The molecule has 7 rings (SSSR count). The maximum absolute atomic E-state index is 16.1. The molecule has 0 amide bonds. The maximum Gasteiger partial charge on any atom is 1.00 e. The number of imidazole rings is 1. The van der Waals surface area contributed by atoms with Gasteiger partial charge in [0.25, 0.3) is 5.56 Å². The number of nitrogen functional groups attached to an aromatic ring is 2. The minimum Gasteiger partial charge on any atom is -1.00 e. The molecule has 0 saturated carbocycles. The number of aryl methyl sites for hydroxylation is 1. The Labute approximate surface area is 287 Å². The summed E-state index contributed by atoms with van der Waals surface area (Å²) in [6.45, 7) is -5.41. The van der Waals surface area contributed by atoms with Gasteiger partial charge in [0.05, 0.1) is 24.6 Å². The van der Waals surface area contributed by atoms with Crippen molar-refractivity contribution in [3.05, 3.63) is 34.8 Å². The van der Waals surface area contributed by atoms with Crippen LogP contribution in [0.2, 0.25) is 0 Å². The first kappa shape index (κ1) is 33.7. The number of nitrogens with one attached hydrogen (secondary N) is 2.